The fraction of sp³-hybridized carbons (Fsp3) is 0.800. The van der Waals surface area contributed by atoms with Crippen LogP contribution in [0.5, 0.6) is 0 Å². The van der Waals surface area contributed by atoms with Crippen LogP contribution < -0.4 is 10.6 Å². The normalized spacial score (nSPS) is 29.1. The number of fused-ring (bicyclic) bond motifs is 1. The molecule has 3 nitrogen and oxygen atoms in total. The largest absolute Gasteiger partial charge is 0.345 e. The van der Waals surface area contributed by atoms with Crippen LogP contribution in [0.2, 0.25) is 0 Å². The number of hydrogen-bond donors (Lipinski definition) is 1. The molecular weight excluding hydrogens is 254 g/mol. The van der Waals surface area contributed by atoms with Crippen molar-refractivity contribution < 1.29 is 0 Å². The Balaban J connectivity index is 1.85. The van der Waals surface area contributed by atoms with Crippen molar-refractivity contribution in [2.24, 2.45) is 11.7 Å². The lowest BCUT2D eigenvalue weighted by Gasteiger charge is -2.44. The zero-order valence-electron chi connectivity index (χ0n) is 12.1. The highest BCUT2D eigenvalue weighted by Crippen LogP contribution is 2.40. The van der Waals surface area contributed by atoms with Crippen molar-refractivity contribution >= 4 is 16.5 Å². The second-order valence-electron chi connectivity index (χ2n) is 6.18. The highest BCUT2D eigenvalue weighted by Gasteiger charge is 2.34. The third-order valence-corrected chi connectivity index (χ3v) is 6.12. The third-order valence-electron chi connectivity index (χ3n) is 4.72. The lowest BCUT2D eigenvalue weighted by molar-refractivity contribution is 0.243. The maximum absolute atomic E-state index is 6.04. The SMILES string of the molecule is Cc1nc(N2CCCC3CCCCC32)sc1C(C)N. The minimum Gasteiger partial charge on any atom is -0.345 e. The molecule has 4 heteroatoms. The number of aryl methyl sites for hydroxylation is 1. The van der Waals surface area contributed by atoms with E-state index in [0.717, 1.165) is 17.7 Å². The van der Waals surface area contributed by atoms with Gasteiger partial charge in [-0.15, -0.1) is 11.3 Å². The van der Waals surface area contributed by atoms with Crippen LogP contribution in [0.1, 0.15) is 62.1 Å². The van der Waals surface area contributed by atoms with E-state index in [-0.39, 0.29) is 6.04 Å². The standard InChI is InChI=1S/C15H25N3S/c1-10(16)14-11(2)17-15(19-14)18-9-5-7-12-6-3-4-8-13(12)18/h10,12-13H,3-9,16H2,1-2H3. The molecule has 1 saturated carbocycles. The molecule has 0 bridgehead atoms. The first kappa shape index (κ1) is 13.4. The summed E-state index contributed by atoms with van der Waals surface area (Å²) in [6, 6.07) is 0.854. The molecule has 0 amide bonds. The molecule has 0 aromatic carbocycles. The molecule has 1 aliphatic carbocycles. The van der Waals surface area contributed by atoms with Crippen LogP contribution >= 0.6 is 11.3 Å². The average Bonchev–Trinajstić information content (AvgIpc) is 2.80. The van der Waals surface area contributed by atoms with Gasteiger partial charge in [0.2, 0.25) is 0 Å². The fourth-order valence-electron chi connectivity index (χ4n) is 3.80. The summed E-state index contributed by atoms with van der Waals surface area (Å²) in [5.74, 6) is 0.908. The van der Waals surface area contributed by atoms with E-state index in [1.165, 1.54) is 55.1 Å². The van der Waals surface area contributed by atoms with Crippen molar-refractivity contribution in [2.45, 2.75) is 64.5 Å². The van der Waals surface area contributed by atoms with Gasteiger partial charge in [0, 0.05) is 23.5 Å². The number of rotatable bonds is 2. The van der Waals surface area contributed by atoms with Gasteiger partial charge in [0.05, 0.1) is 5.69 Å². The molecule has 0 spiro atoms. The highest BCUT2D eigenvalue weighted by atomic mass is 32.1. The van der Waals surface area contributed by atoms with E-state index in [4.69, 9.17) is 10.7 Å². The van der Waals surface area contributed by atoms with E-state index in [2.05, 4.69) is 18.7 Å². The van der Waals surface area contributed by atoms with Crippen LogP contribution in [0, 0.1) is 12.8 Å². The van der Waals surface area contributed by atoms with E-state index >= 15 is 0 Å². The summed E-state index contributed by atoms with van der Waals surface area (Å²) in [5.41, 5.74) is 7.17. The molecule has 3 unspecified atom stereocenters. The topological polar surface area (TPSA) is 42.2 Å². The molecule has 1 aromatic heterocycles. The van der Waals surface area contributed by atoms with Gasteiger partial charge in [-0.25, -0.2) is 4.98 Å². The zero-order valence-corrected chi connectivity index (χ0v) is 12.9. The zero-order chi connectivity index (χ0) is 13.4. The van der Waals surface area contributed by atoms with Gasteiger partial charge in [-0.2, -0.15) is 0 Å². The Morgan fingerprint density at radius 1 is 1.26 bits per heavy atom. The van der Waals surface area contributed by atoms with Gasteiger partial charge in [0.1, 0.15) is 0 Å². The maximum atomic E-state index is 6.04. The number of nitrogens with two attached hydrogens (primary N) is 1. The van der Waals surface area contributed by atoms with Crippen LogP contribution in [0.25, 0.3) is 0 Å². The summed E-state index contributed by atoms with van der Waals surface area (Å²) < 4.78 is 0. The molecule has 2 N–H and O–H groups in total. The van der Waals surface area contributed by atoms with Crippen LogP contribution in [0.15, 0.2) is 0 Å². The van der Waals surface area contributed by atoms with Gasteiger partial charge in [0.15, 0.2) is 5.13 Å². The molecule has 2 heterocycles. The lowest BCUT2D eigenvalue weighted by atomic mass is 9.78. The smallest absolute Gasteiger partial charge is 0.186 e. The summed E-state index contributed by atoms with van der Waals surface area (Å²) in [5, 5.41) is 1.22. The molecule has 0 radical (unpaired) electrons. The van der Waals surface area contributed by atoms with Gasteiger partial charge in [-0.1, -0.05) is 12.8 Å². The highest BCUT2D eigenvalue weighted by molar-refractivity contribution is 7.15. The van der Waals surface area contributed by atoms with Crippen molar-refractivity contribution in [2.75, 3.05) is 11.4 Å². The molecule has 1 saturated heterocycles. The summed E-state index contributed by atoms with van der Waals surface area (Å²) in [7, 11) is 0. The van der Waals surface area contributed by atoms with Crippen LogP contribution in [-0.2, 0) is 0 Å². The van der Waals surface area contributed by atoms with Crippen molar-refractivity contribution in [3.05, 3.63) is 10.6 Å². The van der Waals surface area contributed by atoms with E-state index in [0.29, 0.717) is 0 Å². The first-order valence-electron chi connectivity index (χ1n) is 7.66. The van der Waals surface area contributed by atoms with Crippen molar-refractivity contribution in [3.63, 3.8) is 0 Å². The Kier molecular flexibility index (Phi) is 3.81. The minimum atomic E-state index is 0.109. The van der Waals surface area contributed by atoms with Gasteiger partial charge in [-0.3, -0.25) is 0 Å². The maximum Gasteiger partial charge on any atom is 0.186 e. The molecule has 106 valence electrons. The molecule has 1 aliphatic heterocycles. The number of aromatic nitrogens is 1. The quantitative estimate of drug-likeness (QED) is 0.899. The first-order valence-corrected chi connectivity index (χ1v) is 8.48. The molecule has 3 rings (SSSR count). The lowest BCUT2D eigenvalue weighted by Crippen LogP contribution is -2.46. The van der Waals surface area contributed by atoms with E-state index in [1.54, 1.807) is 0 Å². The molecule has 2 fully saturated rings. The molecule has 3 atom stereocenters. The summed E-state index contributed by atoms with van der Waals surface area (Å²) in [6.45, 7) is 5.34. The third kappa shape index (κ3) is 2.52. The Labute approximate surface area is 120 Å². The first-order chi connectivity index (χ1) is 9.16. The molecule has 2 aliphatic rings. The Morgan fingerprint density at radius 3 is 2.74 bits per heavy atom. The second kappa shape index (κ2) is 5.41. The van der Waals surface area contributed by atoms with Crippen LogP contribution in [0.4, 0.5) is 5.13 Å². The number of hydrogen-bond acceptors (Lipinski definition) is 4. The fourth-order valence-corrected chi connectivity index (χ4v) is 4.90. The van der Waals surface area contributed by atoms with E-state index in [1.807, 2.05) is 11.3 Å². The van der Waals surface area contributed by atoms with Crippen LogP contribution in [0.3, 0.4) is 0 Å². The summed E-state index contributed by atoms with van der Waals surface area (Å²) in [6.07, 6.45) is 8.35. The Morgan fingerprint density at radius 2 is 2.00 bits per heavy atom. The second-order valence-corrected chi connectivity index (χ2v) is 7.19. The van der Waals surface area contributed by atoms with E-state index in [9.17, 15) is 0 Å². The van der Waals surface area contributed by atoms with Gasteiger partial charge in [0.25, 0.3) is 0 Å². The average molecular weight is 279 g/mol. The summed E-state index contributed by atoms with van der Waals surface area (Å²) >= 11 is 1.82. The molecule has 1 aromatic rings. The number of anilines is 1. The van der Waals surface area contributed by atoms with Crippen molar-refractivity contribution in [1.29, 1.82) is 0 Å². The molecular formula is C15H25N3S. The number of thiazole rings is 1. The van der Waals surface area contributed by atoms with Crippen molar-refractivity contribution in [3.8, 4) is 0 Å². The van der Waals surface area contributed by atoms with Gasteiger partial charge < -0.3 is 10.6 Å². The Bertz CT molecular complexity index is 439. The van der Waals surface area contributed by atoms with Gasteiger partial charge in [-0.05, 0) is 45.4 Å². The number of piperidine rings is 1. The summed E-state index contributed by atoms with van der Waals surface area (Å²) in [4.78, 5) is 8.66. The number of nitrogens with zero attached hydrogens (tertiary/aromatic N) is 2. The Hall–Kier alpha value is -0.610. The van der Waals surface area contributed by atoms with Crippen molar-refractivity contribution in [1.82, 2.24) is 4.98 Å². The van der Waals surface area contributed by atoms with Crippen LogP contribution in [-0.4, -0.2) is 17.6 Å². The predicted octanol–water partition coefficient (Wildman–Crippen LogP) is 3.63. The van der Waals surface area contributed by atoms with E-state index < -0.39 is 0 Å². The minimum absolute atomic E-state index is 0.109. The monoisotopic (exact) mass is 279 g/mol. The van der Waals surface area contributed by atoms with Gasteiger partial charge >= 0.3 is 0 Å². The molecule has 19 heavy (non-hydrogen) atoms. The predicted molar refractivity (Wildman–Crippen MR) is 81.8 cm³/mol.